The van der Waals surface area contributed by atoms with Crippen molar-refractivity contribution in [2.75, 3.05) is 20.0 Å². The number of nitrogens with two attached hydrogens (primary N) is 1. The first kappa shape index (κ1) is 21.7. The molecule has 0 saturated carbocycles. The Bertz CT molecular complexity index is 917. The van der Waals surface area contributed by atoms with Gasteiger partial charge in [-0.3, -0.25) is 9.69 Å². The van der Waals surface area contributed by atoms with Crippen molar-refractivity contribution in [3.8, 4) is 5.75 Å². The van der Waals surface area contributed by atoms with E-state index in [0.717, 1.165) is 5.56 Å². The van der Waals surface area contributed by atoms with Gasteiger partial charge < -0.3 is 24.7 Å². The molecule has 10 heteroatoms. The fourth-order valence-corrected chi connectivity index (χ4v) is 5.27. The third kappa shape index (κ3) is 4.02. The van der Waals surface area contributed by atoms with Crippen molar-refractivity contribution in [2.24, 2.45) is 5.73 Å². The number of fused-ring (bicyclic) bond motifs is 1. The zero-order valence-electron chi connectivity index (χ0n) is 17.2. The van der Waals surface area contributed by atoms with Gasteiger partial charge in [0.15, 0.2) is 6.10 Å². The van der Waals surface area contributed by atoms with E-state index in [4.69, 9.17) is 24.7 Å². The van der Waals surface area contributed by atoms with Gasteiger partial charge in [0.2, 0.25) is 5.91 Å². The standard InChI is InChI=1S/C21H24N2O7S/c1-27-12-5-3-11(4-6-12)9-29-21(26)17-13(10-31-19-16(22)18(24)23(17)19)14-7-8-15(30-14)20(25)28-2/h3-6,14-16,19H,7-10,22H2,1-2H3/t14-,15+,16-,19-/m1/s1. The maximum absolute atomic E-state index is 13.1. The number of nitrogens with zero attached hydrogens (tertiary/aromatic N) is 1. The van der Waals surface area contributed by atoms with Gasteiger partial charge in [-0.15, -0.1) is 11.8 Å². The molecule has 0 unspecified atom stereocenters. The first-order valence-electron chi connectivity index (χ1n) is 9.91. The van der Waals surface area contributed by atoms with Gasteiger partial charge in [0.1, 0.15) is 29.5 Å². The molecule has 2 N–H and O–H groups in total. The number of thioether (sulfide) groups is 1. The van der Waals surface area contributed by atoms with E-state index in [9.17, 15) is 14.4 Å². The highest BCUT2D eigenvalue weighted by atomic mass is 32.2. The van der Waals surface area contributed by atoms with Gasteiger partial charge in [0.05, 0.1) is 20.3 Å². The van der Waals surface area contributed by atoms with Gasteiger partial charge >= 0.3 is 11.9 Å². The van der Waals surface area contributed by atoms with Crippen LogP contribution >= 0.6 is 11.8 Å². The molecule has 2 fully saturated rings. The average molecular weight is 448 g/mol. The van der Waals surface area contributed by atoms with E-state index >= 15 is 0 Å². The molecular weight excluding hydrogens is 424 g/mol. The lowest BCUT2D eigenvalue weighted by Crippen LogP contribution is -2.68. The first-order valence-corrected chi connectivity index (χ1v) is 11.0. The Morgan fingerprint density at radius 1 is 1.23 bits per heavy atom. The summed E-state index contributed by atoms with van der Waals surface area (Å²) >= 11 is 1.48. The van der Waals surface area contributed by atoms with Gasteiger partial charge in [-0.1, -0.05) is 12.1 Å². The van der Waals surface area contributed by atoms with Crippen molar-refractivity contribution < 1.29 is 33.3 Å². The SMILES string of the molecule is COC(=O)[C@@H]1CC[C@H](C2=C(C(=O)OCc3ccc(OC)cc3)N3C(=O)[C@@H](N)[C@H]3SC2)O1. The van der Waals surface area contributed by atoms with Gasteiger partial charge in [0, 0.05) is 5.75 Å². The Balaban J connectivity index is 1.55. The fraction of sp³-hybridized carbons (Fsp3) is 0.476. The fourth-order valence-electron chi connectivity index (χ4n) is 3.91. The molecule has 2 saturated heterocycles. The number of methoxy groups -OCH3 is 2. The molecule has 0 aromatic heterocycles. The molecular formula is C21H24N2O7S. The molecule has 0 spiro atoms. The summed E-state index contributed by atoms with van der Waals surface area (Å²) < 4.78 is 21.3. The molecule has 166 valence electrons. The minimum atomic E-state index is -0.684. The molecule has 3 aliphatic heterocycles. The summed E-state index contributed by atoms with van der Waals surface area (Å²) in [5.74, 6) is -0.218. The van der Waals surface area contributed by atoms with Gasteiger partial charge in [0.25, 0.3) is 0 Å². The van der Waals surface area contributed by atoms with E-state index in [-0.39, 0.29) is 23.6 Å². The van der Waals surface area contributed by atoms with Crippen molar-refractivity contribution >= 4 is 29.6 Å². The Morgan fingerprint density at radius 3 is 2.65 bits per heavy atom. The first-order chi connectivity index (χ1) is 14.9. The topological polar surface area (TPSA) is 117 Å². The van der Waals surface area contributed by atoms with E-state index in [1.54, 1.807) is 31.4 Å². The summed E-state index contributed by atoms with van der Waals surface area (Å²) in [5, 5.41) is -0.308. The molecule has 3 aliphatic rings. The molecule has 9 nitrogen and oxygen atoms in total. The third-order valence-electron chi connectivity index (χ3n) is 5.63. The molecule has 1 amide bonds. The number of carbonyl (C=O) groups is 3. The van der Waals surface area contributed by atoms with Crippen LogP contribution in [0.3, 0.4) is 0 Å². The second-order valence-electron chi connectivity index (χ2n) is 7.45. The minimum absolute atomic E-state index is 0.0435. The van der Waals surface area contributed by atoms with Crippen LogP contribution in [0.5, 0.6) is 5.75 Å². The number of hydrogen-bond acceptors (Lipinski definition) is 9. The lowest BCUT2D eigenvalue weighted by Gasteiger charge is -2.48. The summed E-state index contributed by atoms with van der Waals surface area (Å²) in [4.78, 5) is 38.8. The molecule has 0 bridgehead atoms. The Hall–Kier alpha value is -2.56. The molecule has 31 heavy (non-hydrogen) atoms. The van der Waals surface area contributed by atoms with Gasteiger partial charge in [-0.05, 0) is 36.1 Å². The number of hydrogen-bond donors (Lipinski definition) is 1. The predicted molar refractivity (Wildman–Crippen MR) is 111 cm³/mol. The minimum Gasteiger partial charge on any atom is -0.497 e. The highest BCUT2D eigenvalue weighted by Crippen LogP contribution is 2.43. The number of carbonyl (C=O) groups excluding carboxylic acids is 3. The maximum atomic E-state index is 13.1. The smallest absolute Gasteiger partial charge is 0.355 e. The number of amides is 1. The Kier molecular flexibility index (Phi) is 6.22. The van der Waals surface area contributed by atoms with Crippen LogP contribution in [0.25, 0.3) is 0 Å². The molecule has 3 heterocycles. The number of benzene rings is 1. The summed E-state index contributed by atoms with van der Waals surface area (Å²) in [5.41, 5.74) is 7.53. The van der Waals surface area contributed by atoms with Crippen molar-refractivity contribution in [3.63, 3.8) is 0 Å². The Morgan fingerprint density at radius 2 is 1.97 bits per heavy atom. The zero-order chi connectivity index (χ0) is 22.1. The van der Waals surface area contributed by atoms with Gasteiger partial charge in [-0.25, -0.2) is 9.59 Å². The summed E-state index contributed by atoms with van der Waals surface area (Å²) in [6, 6.07) is 6.50. The van der Waals surface area contributed by atoms with Crippen molar-refractivity contribution in [1.82, 2.24) is 4.90 Å². The van der Waals surface area contributed by atoms with E-state index in [1.165, 1.54) is 23.8 Å². The van der Waals surface area contributed by atoms with Crippen molar-refractivity contribution in [3.05, 3.63) is 41.1 Å². The van der Waals surface area contributed by atoms with E-state index in [0.29, 0.717) is 29.9 Å². The summed E-state index contributed by atoms with van der Waals surface area (Å²) in [6.07, 6.45) is -0.123. The van der Waals surface area contributed by atoms with Crippen LogP contribution < -0.4 is 10.5 Å². The molecule has 1 aromatic rings. The van der Waals surface area contributed by atoms with E-state index in [1.807, 2.05) is 0 Å². The normalized spacial score (nSPS) is 27.5. The van der Waals surface area contributed by atoms with Crippen LogP contribution in [0.4, 0.5) is 0 Å². The lowest BCUT2D eigenvalue weighted by molar-refractivity contribution is -0.153. The van der Waals surface area contributed by atoms with Crippen molar-refractivity contribution in [1.29, 1.82) is 0 Å². The van der Waals surface area contributed by atoms with Crippen molar-refractivity contribution in [2.45, 2.75) is 43.1 Å². The third-order valence-corrected chi connectivity index (χ3v) is 6.96. The number of ether oxygens (including phenoxy) is 4. The molecule has 4 atom stereocenters. The molecule has 0 aliphatic carbocycles. The van der Waals surface area contributed by atoms with Crippen LogP contribution in [-0.2, 0) is 35.2 Å². The van der Waals surface area contributed by atoms with Gasteiger partial charge in [-0.2, -0.15) is 0 Å². The average Bonchev–Trinajstić information content (AvgIpc) is 3.31. The maximum Gasteiger partial charge on any atom is 0.355 e. The largest absolute Gasteiger partial charge is 0.497 e. The molecule has 4 rings (SSSR count). The lowest BCUT2D eigenvalue weighted by atomic mass is 9.99. The van der Waals surface area contributed by atoms with E-state index in [2.05, 4.69) is 0 Å². The number of rotatable bonds is 6. The highest BCUT2D eigenvalue weighted by molar-refractivity contribution is 8.00. The number of β-lactam (4-membered cyclic amide) rings is 1. The molecule has 0 radical (unpaired) electrons. The quantitative estimate of drug-likeness (QED) is 0.501. The van der Waals surface area contributed by atoms with Crippen LogP contribution in [-0.4, -0.2) is 66.3 Å². The second-order valence-corrected chi connectivity index (χ2v) is 8.55. The van der Waals surface area contributed by atoms with Crippen LogP contribution in [0.1, 0.15) is 18.4 Å². The summed E-state index contributed by atoms with van der Waals surface area (Å²) in [7, 11) is 2.88. The van der Waals surface area contributed by atoms with Crippen LogP contribution in [0.15, 0.2) is 35.5 Å². The molecule has 1 aromatic carbocycles. The summed E-state index contributed by atoms with van der Waals surface area (Å²) in [6.45, 7) is 0.0435. The zero-order valence-corrected chi connectivity index (χ0v) is 18.1. The monoisotopic (exact) mass is 448 g/mol. The predicted octanol–water partition coefficient (Wildman–Crippen LogP) is 0.955. The van der Waals surface area contributed by atoms with Crippen LogP contribution in [0.2, 0.25) is 0 Å². The highest BCUT2D eigenvalue weighted by Gasteiger charge is 2.53. The Labute approximate surface area is 183 Å². The van der Waals surface area contributed by atoms with Crippen LogP contribution in [0, 0.1) is 0 Å². The second kappa shape index (κ2) is 8.89. The number of esters is 2. The van der Waals surface area contributed by atoms with E-state index < -0.39 is 30.2 Å².